The Bertz CT molecular complexity index is 1470. The lowest BCUT2D eigenvalue weighted by Crippen LogP contribution is -2.49. The number of halogens is 2. The Morgan fingerprint density at radius 2 is 1.72 bits per heavy atom. The summed E-state index contributed by atoms with van der Waals surface area (Å²) in [6, 6.07) is 15.1. The van der Waals surface area contributed by atoms with Gasteiger partial charge in [-0.15, -0.1) is 0 Å². The Hall–Kier alpha value is -4.09. The number of amides is 2. The van der Waals surface area contributed by atoms with E-state index in [-0.39, 0.29) is 36.9 Å². The van der Waals surface area contributed by atoms with Crippen LogP contribution in [0.25, 0.3) is 0 Å². The largest absolute Gasteiger partial charge is 0.497 e. The maximum atomic E-state index is 14.9. The van der Waals surface area contributed by atoms with E-state index in [0.717, 1.165) is 23.3 Å². The van der Waals surface area contributed by atoms with E-state index in [1.165, 1.54) is 12.0 Å². The molecule has 0 unspecified atom stereocenters. The van der Waals surface area contributed by atoms with Gasteiger partial charge in [-0.05, 0) is 53.8 Å². The molecule has 0 saturated carbocycles. The van der Waals surface area contributed by atoms with Crippen LogP contribution in [-0.2, 0) is 32.1 Å². The van der Waals surface area contributed by atoms with Crippen molar-refractivity contribution in [2.45, 2.75) is 57.7 Å². The smallest absolute Gasteiger partial charge is 0.306 e. The van der Waals surface area contributed by atoms with E-state index >= 15 is 0 Å². The molecule has 0 aromatic heterocycles. The van der Waals surface area contributed by atoms with Crippen LogP contribution in [0.3, 0.4) is 0 Å². The van der Waals surface area contributed by atoms with Crippen LogP contribution >= 0.6 is 0 Å². The molecule has 8 nitrogen and oxygen atoms in total. The van der Waals surface area contributed by atoms with E-state index in [2.05, 4.69) is 5.32 Å². The lowest BCUT2D eigenvalue weighted by molar-refractivity contribution is -0.150. The van der Waals surface area contributed by atoms with Crippen LogP contribution < -0.4 is 15.2 Å². The molecular formula is C32H36F2N2O6Si. The minimum absolute atomic E-state index is 0.0304. The van der Waals surface area contributed by atoms with E-state index < -0.39 is 49.6 Å². The Kier molecular flexibility index (Phi) is 9.97. The van der Waals surface area contributed by atoms with Gasteiger partial charge in [0.05, 0.1) is 15.2 Å². The van der Waals surface area contributed by atoms with Gasteiger partial charge in [0.25, 0.3) is 11.8 Å². The minimum Gasteiger partial charge on any atom is -0.497 e. The number of carbonyl (C=O) groups excluding carboxylic acids is 3. The number of ether oxygens (including phenoxy) is 2. The van der Waals surface area contributed by atoms with Crippen molar-refractivity contribution in [3.05, 3.63) is 89.0 Å². The van der Waals surface area contributed by atoms with Gasteiger partial charge >= 0.3 is 5.97 Å². The molecule has 2 amide bonds. The fraction of sp³-hybridized carbons (Fsp3) is 0.344. The molecular weight excluding hydrogens is 574 g/mol. The second-order valence-electron chi connectivity index (χ2n) is 11.5. The van der Waals surface area contributed by atoms with Gasteiger partial charge in [0.1, 0.15) is 36.1 Å². The molecule has 0 aliphatic carbocycles. The van der Waals surface area contributed by atoms with Gasteiger partial charge in [-0.25, -0.2) is 8.78 Å². The van der Waals surface area contributed by atoms with E-state index in [0.29, 0.717) is 17.7 Å². The van der Waals surface area contributed by atoms with Crippen LogP contribution in [-0.4, -0.2) is 55.6 Å². The topological polar surface area (TPSA) is 105 Å². The van der Waals surface area contributed by atoms with Crippen molar-refractivity contribution in [3.8, 4) is 5.75 Å². The normalized spacial score (nSPS) is 15.3. The molecule has 1 aliphatic heterocycles. The molecule has 0 fully saturated rings. The molecule has 43 heavy (non-hydrogen) atoms. The molecule has 0 radical (unpaired) electrons. The van der Waals surface area contributed by atoms with Crippen molar-refractivity contribution in [1.82, 2.24) is 4.90 Å². The number of benzene rings is 3. The highest BCUT2D eigenvalue weighted by Gasteiger charge is 2.39. The van der Waals surface area contributed by atoms with Crippen LogP contribution in [0.1, 0.15) is 35.6 Å². The summed E-state index contributed by atoms with van der Waals surface area (Å²) in [6.07, 6.45) is -1.62. The number of hydrogen-bond donors (Lipinski definition) is 2. The first kappa shape index (κ1) is 31.8. The van der Waals surface area contributed by atoms with Gasteiger partial charge in [0.15, 0.2) is 0 Å². The number of hydrogen-bond acceptors (Lipinski definition) is 6. The number of nitrogens with zero attached hydrogens (tertiary/aromatic N) is 1. The molecule has 4 rings (SSSR count). The fourth-order valence-electron chi connectivity index (χ4n) is 5.20. The number of rotatable bonds is 10. The van der Waals surface area contributed by atoms with E-state index in [1.54, 1.807) is 18.2 Å². The Labute approximate surface area is 250 Å². The van der Waals surface area contributed by atoms with Crippen LogP contribution in [0.15, 0.2) is 60.7 Å². The fourth-order valence-corrected chi connectivity index (χ4v) is 6.78. The number of esters is 1. The molecule has 0 saturated heterocycles. The Morgan fingerprint density at radius 3 is 2.35 bits per heavy atom. The standard InChI is InChI=1S/C32H36F2N2O6Si/c1-41-23-10-11-24-21(16-23)14-15-36(32(40)27(37)12-13-28(38)42-19-20-8-6-5-7-9-20)29(24)31(39)35-22-17-25(33)30(26(34)18-22)43(2,3)4/h5-11,16-18,27,29,37H,12-15,19H2,1-4H3,(H,35,39)/t27-,29+/m0/s1. The first-order valence-electron chi connectivity index (χ1n) is 14.0. The third kappa shape index (κ3) is 7.65. The van der Waals surface area contributed by atoms with Crippen LogP contribution in [0, 0.1) is 11.6 Å². The summed E-state index contributed by atoms with van der Waals surface area (Å²) >= 11 is 0. The quantitative estimate of drug-likeness (QED) is 0.259. The predicted octanol–water partition coefficient (Wildman–Crippen LogP) is 4.47. The molecule has 2 N–H and O–H groups in total. The van der Waals surface area contributed by atoms with Gasteiger partial charge in [0.2, 0.25) is 0 Å². The number of methoxy groups -OCH3 is 1. The van der Waals surface area contributed by atoms with E-state index in [9.17, 15) is 28.3 Å². The third-order valence-corrected chi connectivity index (χ3v) is 9.30. The highest BCUT2D eigenvalue weighted by atomic mass is 28.3. The van der Waals surface area contributed by atoms with Gasteiger partial charge in [0, 0.05) is 23.8 Å². The third-order valence-electron chi connectivity index (χ3n) is 7.32. The maximum absolute atomic E-state index is 14.9. The number of carbonyl (C=O) groups is 3. The number of nitrogens with one attached hydrogen (secondary N) is 1. The van der Waals surface area contributed by atoms with Gasteiger partial charge in [-0.1, -0.05) is 56.0 Å². The summed E-state index contributed by atoms with van der Waals surface area (Å²) in [5, 5.41) is 13.4. The molecule has 228 valence electrons. The average molecular weight is 611 g/mol. The van der Waals surface area contributed by atoms with Gasteiger partial charge < -0.3 is 24.8 Å². The molecule has 1 aliphatic rings. The van der Waals surface area contributed by atoms with Crippen molar-refractivity contribution in [3.63, 3.8) is 0 Å². The SMILES string of the molecule is COc1ccc2c(c1)CCN(C(=O)[C@@H](O)CCC(=O)OCc1ccccc1)[C@H]2C(=O)Nc1cc(F)c([Si](C)(C)C)c(F)c1. The zero-order chi connectivity index (χ0) is 31.3. The van der Waals surface area contributed by atoms with Crippen LogP contribution in [0.5, 0.6) is 5.75 Å². The minimum atomic E-state index is -2.34. The van der Waals surface area contributed by atoms with Crippen LogP contribution in [0.2, 0.25) is 19.6 Å². The second kappa shape index (κ2) is 13.5. The Morgan fingerprint density at radius 1 is 1.05 bits per heavy atom. The molecule has 0 bridgehead atoms. The summed E-state index contributed by atoms with van der Waals surface area (Å²) in [6.45, 7) is 5.61. The van der Waals surface area contributed by atoms with Crippen molar-refractivity contribution < 1.29 is 37.7 Å². The number of aliphatic hydroxyl groups is 1. The Balaban J connectivity index is 1.52. The van der Waals surface area contributed by atoms with E-state index in [1.807, 2.05) is 50.0 Å². The molecule has 0 spiro atoms. The second-order valence-corrected chi connectivity index (χ2v) is 16.5. The molecule has 1 heterocycles. The summed E-state index contributed by atoms with van der Waals surface area (Å²) in [7, 11) is -0.827. The zero-order valence-electron chi connectivity index (χ0n) is 24.7. The molecule has 3 aromatic carbocycles. The van der Waals surface area contributed by atoms with Crippen molar-refractivity contribution >= 4 is 36.7 Å². The molecule has 11 heteroatoms. The predicted molar refractivity (Wildman–Crippen MR) is 161 cm³/mol. The van der Waals surface area contributed by atoms with Crippen molar-refractivity contribution in [1.29, 1.82) is 0 Å². The number of fused-ring (bicyclic) bond motifs is 1. The molecule has 2 atom stereocenters. The van der Waals surface area contributed by atoms with Crippen molar-refractivity contribution in [2.24, 2.45) is 0 Å². The summed E-state index contributed by atoms with van der Waals surface area (Å²) in [4.78, 5) is 40.6. The zero-order valence-corrected chi connectivity index (χ0v) is 25.7. The van der Waals surface area contributed by atoms with E-state index in [4.69, 9.17) is 9.47 Å². The summed E-state index contributed by atoms with van der Waals surface area (Å²) in [5.74, 6) is -2.95. The van der Waals surface area contributed by atoms with Gasteiger partial charge in [-0.2, -0.15) is 0 Å². The lowest BCUT2D eigenvalue weighted by Gasteiger charge is -2.37. The maximum Gasteiger partial charge on any atom is 0.306 e. The summed E-state index contributed by atoms with van der Waals surface area (Å²) < 4.78 is 40.4. The highest BCUT2D eigenvalue weighted by molar-refractivity contribution is 6.88. The monoisotopic (exact) mass is 610 g/mol. The first-order chi connectivity index (χ1) is 20.4. The van der Waals surface area contributed by atoms with Crippen molar-refractivity contribution in [2.75, 3.05) is 19.0 Å². The first-order valence-corrected chi connectivity index (χ1v) is 17.5. The lowest BCUT2D eigenvalue weighted by atomic mass is 9.91. The number of anilines is 1. The van der Waals surface area contributed by atoms with Crippen LogP contribution in [0.4, 0.5) is 14.5 Å². The molecule has 3 aromatic rings. The average Bonchev–Trinajstić information content (AvgIpc) is 2.96. The highest BCUT2D eigenvalue weighted by Crippen LogP contribution is 2.34. The number of aliphatic hydroxyl groups excluding tert-OH is 1. The van der Waals surface area contributed by atoms with Gasteiger partial charge in [-0.3, -0.25) is 14.4 Å². The summed E-state index contributed by atoms with van der Waals surface area (Å²) in [5.41, 5.74) is 1.97.